The van der Waals surface area contributed by atoms with Gasteiger partial charge in [-0.1, -0.05) is 12.1 Å². The number of esters is 1. The van der Waals surface area contributed by atoms with Crippen molar-refractivity contribution in [2.45, 2.75) is 64.4 Å². The second-order valence-electron chi connectivity index (χ2n) is 10.2. The molecule has 0 saturated heterocycles. The molecule has 198 valence electrons. The van der Waals surface area contributed by atoms with Gasteiger partial charge in [0, 0.05) is 18.2 Å². The zero-order valence-corrected chi connectivity index (χ0v) is 20.9. The molecule has 0 atom stereocenters. The van der Waals surface area contributed by atoms with Crippen molar-refractivity contribution in [3.63, 3.8) is 0 Å². The van der Waals surface area contributed by atoms with Crippen LogP contribution in [0.4, 0.5) is 13.2 Å². The van der Waals surface area contributed by atoms with E-state index in [0.29, 0.717) is 24.3 Å². The highest BCUT2D eigenvalue weighted by Crippen LogP contribution is 2.44. The summed E-state index contributed by atoms with van der Waals surface area (Å²) in [5, 5.41) is 7.01. The molecule has 1 aromatic heterocycles. The van der Waals surface area contributed by atoms with E-state index < -0.39 is 29.2 Å². The molecule has 1 fully saturated rings. The molecule has 0 unspecified atom stereocenters. The van der Waals surface area contributed by atoms with E-state index in [-0.39, 0.29) is 24.9 Å². The van der Waals surface area contributed by atoms with Crippen LogP contribution in [-0.4, -0.2) is 51.2 Å². The van der Waals surface area contributed by atoms with Gasteiger partial charge in [0.15, 0.2) is 5.69 Å². The number of fused-ring (bicyclic) bond motifs is 1. The first-order chi connectivity index (χ1) is 17.3. The molecule has 1 aromatic carbocycles. The third kappa shape index (κ3) is 6.58. The molecule has 2 aliphatic rings. The van der Waals surface area contributed by atoms with Gasteiger partial charge in [-0.2, -0.15) is 18.3 Å². The van der Waals surface area contributed by atoms with Gasteiger partial charge in [0.1, 0.15) is 5.60 Å². The Balaban J connectivity index is 1.35. The van der Waals surface area contributed by atoms with Crippen LogP contribution in [0.15, 0.2) is 30.3 Å². The summed E-state index contributed by atoms with van der Waals surface area (Å²) in [6, 6.07) is 4.40. The summed E-state index contributed by atoms with van der Waals surface area (Å²) in [4.78, 5) is 39.3. The van der Waals surface area contributed by atoms with Crippen molar-refractivity contribution in [3.05, 3.63) is 58.4 Å². The minimum atomic E-state index is -4.43. The van der Waals surface area contributed by atoms with Crippen molar-refractivity contribution >= 4 is 23.9 Å². The van der Waals surface area contributed by atoms with E-state index in [2.05, 4.69) is 10.4 Å². The fourth-order valence-corrected chi connectivity index (χ4v) is 4.12. The number of rotatable bonds is 6. The molecular formula is C26H29F3N4O4. The van der Waals surface area contributed by atoms with Gasteiger partial charge in [-0.15, -0.1) is 0 Å². The standard InChI is InChI=1S/C26H29F3N4O4/c1-25(2,3)37-24(36)23-22(17-7-8-17)19-15-32(12-13-33(19)31-23)21(35)14-30-20(34)11-6-16-4-9-18(10-5-16)26(27,28)29/h4-6,9-11,17H,7-8,12-15H2,1-3H3,(H,30,34)/b11-6+. The number of alkyl halides is 3. The molecule has 0 spiro atoms. The Bertz CT molecular complexity index is 1220. The Kier molecular flexibility index (Phi) is 7.16. The number of amides is 2. The van der Waals surface area contributed by atoms with E-state index in [1.807, 2.05) is 0 Å². The van der Waals surface area contributed by atoms with Crippen LogP contribution in [0.5, 0.6) is 0 Å². The van der Waals surface area contributed by atoms with Gasteiger partial charge in [-0.25, -0.2) is 4.79 Å². The van der Waals surface area contributed by atoms with Crippen molar-refractivity contribution in [1.29, 1.82) is 0 Å². The van der Waals surface area contributed by atoms with Crippen LogP contribution >= 0.6 is 0 Å². The van der Waals surface area contributed by atoms with Gasteiger partial charge in [0.2, 0.25) is 11.8 Å². The first-order valence-electron chi connectivity index (χ1n) is 12.1. The summed E-state index contributed by atoms with van der Waals surface area (Å²) >= 11 is 0. The Hall–Kier alpha value is -3.63. The number of nitrogens with one attached hydrogen (secondary N) is 1. The van der Waals surface area contributed by atoms with Crippen molar-refractivity contribution in [3.8, 4) is 0 Å². The number of halogens is 3. The fourth-order valence-electron chi connectivity index (χ4n) is 4.12. The van der Waals surface area contributed by atoms with E-state index in [1.165, 1.54) is 24.3 Å². The van der Waals surface area contributed by atoms with E-state index >= 15 is 0 Å². The second kappa shape index (κ2) is 10.0. The minimum Gasteiger partial charge on any atom is -0.455 e. The molecular weight excluding hydrogens is 489 g/mol. The number of nitrogens with zero attached hydrogens (tertiary/aromatic N) is 3. The molecule has 1 aliphatic carbocycles. The van der Waals surface area contributed by atoms with E-state index in [0.717, 1.165) is 36.2 Å². The summed E-state index contributed by atoms with van der Waals surface area (Å²) in [6.07, 6.45) is 0.00929. The van der Waals surface area contributed by atoms with Crippen molar-refractivity contribution in [1.82, 2.24) is 20.0 Å². The first-order valence-corrected chi connectivity index (χ1v) is 12.1. The maximum absolute atomic E-state index is 12.8. The first kappa shape index (κ1) is 26.4. The molecule has 1 N–H and O–H groups in total. The zero-order chi connectivity index (χ0) is 27.0. The molecule has 1 aliphatic heterocycles. The van der Waals surface area contributed by atoms with E-state index in [4.69, 9.17) is 4.74 Å². The summed E-state index contributed by atoms with van der Waals surface area (Å²) in [7, 11) is 0. The lowest BCUT2D eigenvalue weighted by molar-refractivity contribution is -0.137. The summed E-state index contributed by atoms with van der Waals surface area (Å²) in [5.41, 5.74) is 0.969. The lowest BCUT2D eigenvalue weighted by Gasteiger charge is -2.28. The summed E-state index contributed by atoms with van der Waals surface area (Å²) in [6.45, 7) is 6.23. The van der Waals surface area contributed by atoms with Crippen LogP contribution in [0.2, 0.25) is 0 Å². The Morgan fingerprint density at radius 2 is 1.78 bits per heavy atom. The highest BCUT2D eigenvalue weighted by atomic mass is 19.4. The number of benzene rings is 1. The van der Waals surface area contributed by atoms with E-state index in [9.17, 15) is 27.6 Å². The molecule has 37 heavy (non-hydrogen) atoms. The van der Waals surface area contributed by atoms with E-state index in [1.54, 1.807) is 30.4 Å². The number of hydrogen-bond acceptors (Lipinski definition) is 5. The largest absolute Gasteiger partial charge is 0.455 e. The van der Waals surface area contributed by atoms with Crippen molar-refractivity contribution < 1.29 is 32.3 Å². The second-order valence-corrected chi connectivity index (χ2v) is 10.2. The maximum Gasteiger partial charge on any atom is 0.416 e. The number of ether oxygens (including phenoxy) is 1. The Morgan fingerprint density at radius 1 is 1.11 bits per heavy atom. The molecule has 2 heterocycles. The summed E-state index contributed by atoms with van der Waals surface area (Å²) in [5.74, 6) is -1.08. The summed E-state index contributed by atoms with van der Waals surface area (Å²) < 4.78 is 45.3. The van der Waals surface area contributed by atoms with Crippen molar-refractivity contribution in [2.24, 2.45) is 0 Å². The van der Waals surface area contributed by atoms with Gasteiger partial charge in [-0.3, -0.25) is 14.3 Å². The molecule has 8 nitrogen and oxygen atoms in total. The lowest BCUT2D eigenvalue weighted by Crippen LogP contribution is -2.43. The molecule has 2 amide bonds. The molecule has 2 aromatic rings. The minimum absolute atomic E-state index is 0.219. The average molecular weight is 519 g/mol. The van der Waals surface area contributed by atoms with Gasteiger partial charge in [-0.05, 0) is 63.3 Å². The third-order valence-corrected chi connectivity index (χ3v) is 6.03. The number of carbonyl (C=O) groups is 3. The van der Waals surface area contributed by atoms with Gasteiger partial charge < -0.3 is 15.0 Å². The number of aromatic nitrogens is 2. The van der Waals surface area contributed by atoms with Gasteiger partial charge in [0.05, 0.1) is 30.9 Å². The van der Waals surface area contributed by atoms with Crippen LogP contribution in [0.25, 0.3) is 6.08 Å². The molecule has 4 rings (SSSR count). The molecule has 1 saturated carbocycles. The SMILES string of the molecule is CC(C)(C)OC(=O)c1nn2c(c1C1CC1)CN(C(=O)CNC(=O)/C=C/c1ccc(C(F)(F)F)cc1)CC2. The van der Waals surface area contributed by atoms with Crippen molar-refractivity contribution in [2.75, 3.05) is 13.1 Å². The molecule has 0 radical (unpaired) electrons. The highest BCUT2D eigenvalue weighted by molar-refractivity contribution is 5.94. The average Bonchev–Trinajstić information content (AvgIpc) is 3.58. The van der Waals surface area contributed by atoms with Gasteiger partial charge >= 0.3 is 12.1 Å². The lowest BCUT2D eigenvalue weighted by atomic mass is 10.1. The zero-order valence-electron chi connectivity index (χ0n) is 20.9. The third-order valence-electron chi connectivity index (χ3n) is 6.03. The molecule has 11 heteroatoms. The number of hydrogen-bond donors (Lipinski definition) is 1. The quantitative estimate of drug-likeness (QED) is 0.463. The normalized spacial score (nSPS) is 16.0. The molecule has 0 bridgehead atoms. The Morgan fingerprint density at radius 3 is 2.38 bits per heavy atom. The van der Waals surface area contributed by atoms with Crippen LogP contribution in [-0.2, 0) is 33.6 Å². The van der Waals surface area contributed by atoms with Crippen LogP contribution in [0.1, 0.15) is 72.4 Å². The maximum atomic E-state index is 12.8. The fraction of sp³-hybridized carbons (Fsp3) is 0.462. The number of carbonyl (C=O) groups excluding carboxylic acids is 3. The predicted octanol–water partition coefficient (Wildman–Crippen LogP) is 3.91. The predicted molar refractivity (Wildman–Crippen MR) is 128 cm³/mol. The van der Waals surface area contributed by atoms with Crippen LogP contribution < -0.4 is 5.32 Å². The van der Waals surface area contributed by atoms with Crippen LogP contribution in [0.3, 0.4) is 0 Å². The smallest absolute Gasteiger partial charge is 0.416 e. The Labute approximate surface area is 212 Å². The van der Waals surface area contributed by atoms with Crippen LogP contribution in [0, 0.1) is 0 Å². The monoisotopic (exact) mass is 518 g/mol. The topological polar surface area (TPSA) is 93.5 Å². The van der Waals surface area contributed by atoms with Gasteiger partial charge in [0.25, 0.3) is 0 Å². The highest BCUT2D eigenvalue weighted by Gasteiger charge is 2.38.